The summed E-state index contributed by atoms with van der Waals surface area (Å²) in [5.74, 6) is -0.0335. The molecule has 0 heterocycles. The lowest BCUT2D eigenvalue weighted by atomic mass is 10.1. The number of rotatable bonds is 5. The fourth-order valence-electron chi connectivity index (χ4n) is 2.39. The second kappa shape index (κ2) is 7.12. The van der Waals surface area contributed by atoms with E-state index in [9.17, 15) is 4.79 Å². The minimum absolute atomic E-state index is 0.0335. The van der Waals surface area contributed by atoms with Gasteiger partial charge >= 0.3 is 0 Å². The lowest BCUT2D eigenvalue weighted by Gasteiger charge is -2.17. The van der Waals surface area contributed by atoms with Crippen molar-refractivity contribution in [1.29, 1.82) is 0 Å². The topological polar surface area (TPSA) is 41.1 Å². The van der Waals surface area contributed by atoms with Gasteiger partial charge in [-0.3, -0.25) is 4.79 Å². The van der Waals surface area contributed by atoms with Crippen LogP contribution in [-0.2, 0) is 11.2 Å². The molecule has 0 spiro atoms. The van der Waals surface area contributed by atoms with Crippen LogP contribution in [0.4, 0.5) is 11.4 Å². The average molecular weight is 296 g/mol. The zero-order valence-corrected chi connectivity index (χ0v) is 13.7. The van der Waals surface area contributed by atoms with Crippen molar-refractivity contribution in [3.05, 3.63) is 59.2 Å². The van der Waals surface area contributed by atoms with Gasteiger partial charge in [-0.25, -0.2) is 0 Å². The summed E-state index contributed by atoms with van der Waals surface area (Å²) in [4.78, 5) is 12.3. The van der Waals surface area contributed by atoms with Crippen LogP contribution in [0.3, 0.4) is 0 Å². The van der Waals surface area contributed by atoms with Gasteiger partial charge in [-0.1, -0.05) is 36.8 Å². The van der Waals surface area contributed by atoms with E-state index in [1.807, 2.05) is 45.0 Å². The van der Waals surface area contributed by atoms with E-state index < -0.39 is 0 Å². The van der Waals surface area contributed by atoms with E-state index in [4.69, 9.17) is 0 Å². The Balaban J connectivity index is 2.02. The molecule has 2 aromatic carbocycles. The lowest BCUT2D eigenvalue weighted by molar-refractivity contribution is -0.116. The Morgan fingerprint density at radius 3 is 2.59 bits per heavy atom. The maximum atomic E-state index is 12.3. The molecule has 0 fully saturated rings. The monoisotopic (exact) mass is 296 g/mol. The zero-order chi connectivity index (χ0) is 16.1. The summed E-state index contributed by atoms with van der Waals surface area (Å²) in [5, 5.41) is 6.24. The number of carbonyl (C=O) groups excluding carboxylic acids is 1. The fourth-order valence-corrected chi connectivity index (χ4v) is 2.39. The van der Waals surface area contributed by atoms with Crippen LogP contribution in [0.5, 0.6) is 0 Å². The number of anilines is 2. The van der Waals surface area contributed by atoms with Crippen molar-refractivity contribution in [2.45, 2.75) is 40.2 Å². The molecule has 0 aliphatic carbocycles. The second-order valence-electron chi connectivity index (χ2n) is 5.73. The van der Waals surface area contributed by atoms with Crippen molar-refractivity contribution < 1.29 is 4.79 Å². The van der Waals surface area contributed by atoms with E-state index in [0.717, 1.165) is 23.4 Å². The molecule has 3 heteroatoms. The van der Waals surface area contributed by atoms with Gasteiger partial charge in [0, 0.05) is 11.4 Å². The maximum Gasteiger partial charge on any atom is 0.246 e. The van der Waals surface area contributed by atoms with Crippen LogP contribution in [0.25, 0.3) is 0 Å². The summed E-state index contributed by atoms with van der Waals surface area (Å²) in [7, 11) is 0. The van der Waals surface area contributed by atoms with Crippen LogP contribution in [0.1, 0.15) is 30.5 Å². The molecule has 1 unspecified atom stereocenters. The third-order valence-electron chi connectivity index (χ3n) is 3.75. The Kier molecular flexibility index (Phi) is 5.21. The normalized spacial score (nSPS) is 11.8. The van der Waals surface area contributed by atoms with Gasteiger partial charge in [-0.2, -0.15) is 0 Å². The minimum Gasteiger partial charge on any atom is -0.374 e. The highest BCUT2D eigenvalue weighted by Gasteiger charge is 2.13. The molecular weight excluding hydrogens is 272 g/mol. The van der Waals surface area contributed by atoms with E-state index in [1.165, 1.54) is 11.1 Å². The van der Waals surface area contributed by atoms with Crippen molar-refractivity contribution in [3.63, 3.8) is 0 Å². The minimum atomic E-state index is -0.298. The smallest absolute Gasteiger partial charge is 0.246 e. The highest BCUT2D eigenvalue weighted by molar-refractivity contribution is 5.96. The summed E-state index contributed by atoms with van der Waals surface area (Å²) in [6.07, 6.45) is 0.985. The number of benzene rings is 2. The molecular formula is C19H24N2O. The molecule has 22 heavy (non-hydrogen) atoms. The number of aryl methyl sites for hydroxylation is 3. The Hall–Kier alpha value is -2.29. The molecule has 0 aliphatic rings. The van der Waals surface area contributed by atoms with E-state index in [2.05, 4.69) is 35.8 Å². The summed E-state index contributed by atoms with van der Waals surface area (Å²) in [6, 6.07) is 13.9. The van der Waals surface area contributed by atoms with Gasteiger partial charge in [0.15, 0.2) is 0 Å². The van der Waals surface area contributed by atoms with Crippen LogP contribution in [0, 0.1) is 13.8 Å². The molecule has 1 atom stereocenters. The Bertz CT molecular complexity index is 664. The maximum absolute atomic E-state index is 12.3. The molecule has 0 aromatic heterocycles. The molecule has 2 rings (SSSR count). The summed E-state index contributed by atoms with van der Waals surface area (Å²) in [5.41, 5.74) is 5.37. The quantitative estimate of drug-likeness (QED) is 0.863. The molecule has 116 valence electrons. The van der Waals surface area contributed by atoms with Crippen LogP contribution >= 0.6 is 0 Å². The number of nitrogens with one attached hydrogen (secondary N) is 2. The largest absolute Gasteiger partial charge is 0.374 e. The average Bonchev–Trinajstić information content (AvgIpc) is 2.50. The number of hydrogen-bond acceptors (Lipinski definition) is 2. The van der Waals surface area contributed by atoms with Crippen molar-refractivity contribution in [2.24, 2.45) is 0 Å². The van der Waals surface area contributed by atoms with Gasteiger partial charge in [0.05, 0.1) is 0 Å². The van der Waals surface area contributed by atoms with Crippen molar-refractivity contribution in [3.8, 4) is 0 Å². The Labute approximate surface area is 132 Å². The third-order valence-corrected chi connectivity index (χ3v) is 3.75. The molecule has 2 aromatic rings. The zero-order valence-electron chi connectivity index (χ0n) is 13.7. The predicted octanol–water partition coefficient (Wildman–Crippen LogP) is 4.30. The molecule has 0 radical (unpaired) electrons. The predicted molar refractivity (Wildman–Crippen MR) is 93.5 cm³/mol. The SMILES string of the molecule is CCc1cccc(NC(C)C(=O)Nc2ccc(C)cc2C)c1. The fraction of sp³-hybridized carbons (Fsp3) is 0.316. The van der Waals surface area contributed by atoms with Crippen molar-refractivity contribution in [2.75, 3.05) is 10.6 Å². The first kappa shape index (κ1) is 16.1. The third kappa shape index (κ3) is 4.10. The van der Waals surface area contributed by atoms with Gasteiger partial charge in [-0.15, -0.1) is 0 Å². The summed E-state index contributed by atoms with van der Waals surface area (Å²) < 4.78 is 0. The molecule has 2 N–H and O–H groups in total. The molecule has 0 aliphatic heterocycles. The van der Waals surface area contributed by atoms with Crippen LogP contribution in [0.2, 0.25) is 0 Å². The molecule has 1 amide bonds. The number of carbonyl (C=O) groups is 1. The highest BCUT2D eigenvalue weighted by atomic mass is 16.2. The molecule has 0 saturated carbocycles. The Morgan fingerprint density at radius 1 is 1.14 bits per heavy atom. The van der Waals surface area contributed by atoms with Gasteiger partial charge in [0.2, 0.25) is 5.91 Å². The Morgan fingerprint density at radius 2 is 1.91 bits per heavy atom. The van der Waals surface area contributed by atoms with E-state index in [-0.39, 0.29) is 11.9 Å². The first-order valence-electron chi connectivity index (χ1n) is 7.73. The van der Waals surface area contributed by atoms with Crippen LogP contribution < -0.4 is 10.6 Å². The van der Waals surface area contributed by atoms with Crippen LogP contribution in [0.15, 0.2) is 42.5 Å². The van der Waals surface area contributed by atoms with E-state index in [1.54, 1.807) is 0 Å². The highest BCUT2D eigenvalue weighted by Crippen LogP contribution is 2.17. The van der Waals surface area contributed by atoms with E-state index in [0.29, 0.717) is 0 Å². The molecule has 0 saturated heterocycles. The van der Waals surface area contributed by atoms with Crippen molar-refractivity contribution in [1.82, 2.24) is 0 Å². The number of amides is 1. The van der Waals surface area contributed by atoms with Crippen molar-refractivity contribution >= 4 is 17.3 Å². The first-order valence-corrected chi connectivity index (χ1v) is 7.73. The lowest BCUT2D eigenvalue weighted by Crippen LogP contribution is -2.32. The van der Waals surface area contributed by atoms with E-state index >= 15 is 0 Å². The summed E-state index contributed by atoms with van der Waals surface area (Å²) in [6.45, 7) is 8.04. The molecule has 3 nitrogen and oxygen atoms in total. The second-order valence-corrected chi connectivity index (χ2v) is 5.73. The van der Waals surface area contributed by atoms with Gasteiger partial charge < -0.3 is 10.6 Å². The molecule has 0 bridgehead atoms. The van der Waals surface area contributed by atoms with Gasteiger partial charge in [0.25, 0.3) is 0 Å². The van der Waals surface area contributed by atoms with Gasteiger partial charge in [-0.05, 0) is 56.5 Å². The van der Waals surface area contributed by atoms with Crippen LogP contribution in [-0.4, -0.2) is 11.9 Å². The first-order chi connectivity index (χ1) is 10.5. The number of hydrogen-bond donors (Lipinski definition) is 2. The summed E-state index contributed by atoms with van der Waals surface area (Å²) >= 11 is 0. The van der Waals surface area contributed by atoms with Gasteiger partial charge in [0.1, 0.15) is 6.04 Å². The standard InChI is InChI=1S/C19H24N2O/c1-5-16-7-6-8-17(12-16)20-15(4)19(22)21-18-10-9-13(2)11-14(18)3/h6-12,15,20H,5H2,1-4H3,(H,21,22).